The number of hydrogen-bond acceptors (Lipinski definition) is 4. The summed E-state index contributed by atoms with van der Waals surface area (Å²) in [6, 6.07) is 14.4. The third-order valence-corrected chi connectivity index (χ3v) is 5.29. The maximum Gasteiger partial charge on any atom is 0.347 e. The summed E-state index contributed by atoms with van der Waals surface area (Å²) >= 11 is 0. The Morgan fingerprint density at radius 3 is 2.61 bits per heavy atom. The molecule has 0 saturated carbocycles. The number of likely N-dealkylation sites (tertiary alicyclic amines) is 1. The van der Waals surface area contributed by atoms with Crippen LogP contribution in [0.4, 0.5) is 16.2 Å². The number of amides is 3. The number of carbonyl (C=O) groups excluding carboxylic acids is 2. The third kappa shape index (κ3) is 4.82. The largest absolute Gasteiger partial charge is 0.347 e. The quantitative estimate of drug-likeness (QED) is 0.602. The minimum Gasteiger partial charge on any atom is -0.326 e. The minimum atomic E-state index is -0.356. The van der Waals surface area contributed by atoms with Gasteiger partial charge in [0.2, 0.25) is 5.91 Å². The SMILES string of the molecule is Cc1cccc(NC(=O)N2CCCC(C(=O)Nc3cccc(-n4cn[nH]c4=O)c3)C2)c1. The summed E-state index contributed by atoms with van der Waals surface area (Å²) < 4.78 is 1.35. The second kappa shape index (κ2) is 8.86. The first-order valence-electron chi connectivity index (χ1n) is 10.2. The second-order valence-corrected chi connectivity index (χ2v) is 7.66. The summed E-state index contributed by atoms with van der Waals surface area (Å²) in [5.74, 6) is -0.456. The fraction of sp³-hybridized carbons (Fsp3) is 0.273. The molecule has 9 nitrogen and oxygen atoms in total. The Hall–Kier alpha value is -3.88. The van der Waals surface area contributed by atoms with Crippen LogP contribution in [0.1, 0.15) is 18.4 Å². The highest BCUT2D eigenvalue weighted by atomic mass is 16.2. The Bertz CT molecular complexity index is 1150. The van der Waals surface area contributed by atoms with Gasteiger partial charge in [0.25, 0.3) is 0 Å². The molecule has 31 heavy (non-hydrogen) atoms. The minimum absolute atomic E-state index is 0.148. The number of aryl methyl sites for hydroxylation is 1. The van der Waals surface area contributed by atoms with E-state index in [1.807, 2.05) is 31.2 Å². The highest BCUT2D eigenvalue weighted by molar-refractivity contribution is 5.94. The van der Waals surface area contributed by atoms with Crippen LogP contribution < -0.4 is 16.3 Å². The van der Waals surface area contributed by atoms with Gasteiger partial charge in [0.15, 0.2) is 0 Å². The summed E-state index contributed by atoms with van der Waals surface area (Å²) in [5.41, 5.74) is 2.62. The van der Waals surface area contributed by atoms with Gasteiger partial charge in [-0.1, -0.05) is 18.2 Å². The summed E-state index contributed by atoms with van der Waals surface area (Å²) in [6.45, 7) is 2.93. The monoisotopic (exact) mass is 420 g/mol. The molecule has 1 aliphatic rings. The normalized spacial score (nSPS) is 16.0. The van der Waals surface area contributed by atoms with E-state index in [9.17, 15) is 14.4 Å². The van der Waals surface area contributed by atoms with Crippen molar-refractivity contribution in [2.24, 2.45) is 5.92 Å². The van der Waals surface area contributed by atoms with E-state index in [0.29, 0.717) is 30.9 Å². The number of aromatic amines is 1. The van der Waals surface area contributed by atoms with E-state index in [-0.39, 0.29) is 23.5 Å². The fourth-order valence-corrected chi connectivity index (χ4v) is 3.71. The molecule has 2 aromatic carbocycles. The van der Waals surface area contributed by atoms with Crippen LogP contribution in [0.5, 0.6) is 0 Å². The molecule has 0 spiro atoms. The lowest BCUT2D eigenvalue weighted by Gasteiger charge is -2.32. The number of H-pyrrole nitrogens is 1. The van der Waals surface area contributed by atoms with E-state index in [1.54, 1.807) is 29.2 Å². The lowest BCUT2D eigenvalue weighted by molar-refractivity contribution is -0.121. The van der Waals surface area contributed by atoms with Crippen molar-refractivity contribution < 1.29 is 9.59 Å². The molecular weight excluding hydrogens is 396 g/mol. The maximum atomic E-state index is 12.8. The first-order valence-corrected chi connectivity index (χ1v) is 10.2. The van der Waals surface area contributed by atoms with Gasteiger partial charge in [0.1, 0.15) is 6.33 Å². The van der Waals surface area contributed by atoms with E-state index in [4.69, 9.17) is 0 Å². The van der Waals surface area contributed by atoms with Crippen LogP contribution in [0.15, 0.2) is 59.7 Å². The summed E-state index contributed by atoms with van der Waals surface area (Å²) in [7, 11) is 0. The molecule has 160 valence electrons. The van der Waals surface area contributed by atoms with Gasteiger partial charge in [-0.3, -0.25) is 4.79 Å². The lowest BCUT2D eigenvalue weighted by Crippen LogP contribution is -2.45. The van der Waals surface area contributed by atoms with Crippen molar-refractivity contribution in [1.29, 1.82) is 0 Å². The van der Waals surface area contributed by atoms with Crippen molar-refractivity contribution in [1.82, 2.24) is 19.7 Å². The highest BCUT2D eigenvalue weighted by Gasteiger charge is 2.28. The van der Waals surface area contributed by atoms with Crippen molar-refractivity contribution in [3.63, 3.8) is 0 Å². The molecule has 3 aromatic rings. The fourth-order valence-electron chi connectivity index (χ4n) is 3.71. The molecule has 1 atom stereocenters. The molecule has 3 N–H and O–H groups in total. The number of anilines is 2. The van der Waals surface area contributed by atoms with E-state index < -0.39 is 0 Å². The van der Waals surface area contributed by atoms with E-state index in [0.717, 1.165) is 17.7 Å². The molecule has 0 aliphatic carbocycles. The standard InChI is InChI=1S/C22H24N6O3/c1-15-5-2-7-17(11-15)25-21(30)27-10-4-6-16(13-27)20(29)24-18-8-3-9-19(12-18)28-14-23-26-22(28)31/h2-3,5,7-9,11-12,14,16H,4,6,10,13H2,1H3,(H,24,29)(H,25,30)(H,26,31). The van der Waals surface area contributed by atoms with Gasteiger partial charge in [0.05, 0.1) is 11.6 Å². The highest BCUT2D eigenvalue weighted by Crippen LogP contribution is 2.21. The Morgan fingerprint density at radius 2 is 1.87 bits per heavy atom. The zero-order valence-corrected chi connectivity index (χ0v) is 17.2. The van der Waals surface area contributed by atoms with Gasteiger partial charge < -0.3 is 15.5 Å². The molecule has 0 radical (unpaired) electrons. The summed E-state index contributed by atoms with van der Waals surface area (Å²) in [4.78, 5) is 38.9. The van der Waals surface area contributed by atoms with Crippen LogP contribution >= 0.6 is 0 Å². The number of carbonyl (C=O) groups is 2. The predicted octanol–water partition coefficient (Wildman–Crippen LogP) is 2.75. The number of hydrogen-bond donors (Lipinski definition) is 3. The molecule has 1 fully saturated rings. The molecule has 0 bridgehead atoms. The van der Waals surface area contributed by atoms with Crippen LogP contribution in [0.2, 0.25) is 0 Å². The zero-order chi connectivity index (χ0) is 21.8. The van der Waals surface area contributed by atoms with Gasteiger partial charge in [-0.2, -0.15) is 5.10 Å². The molecule has 9 heteroatoms. The zero-order valence-electron chi connectivity index (χ0n) is 17.2. The van der Waals surface area contributed by atoms with Gasteiger partial charge >= 0.3 is 11.7 Å². The third-order valence-electron chi connectivity index (χ3n) is 5.29. The van der Waals surface area contributed by atoms with Crippen LogP contribution in [0.25, 0.3) is 5.69 Å². The van der Waals surface area contributed by atoms with Crippen molar-refractivity contribution in [2.75, 3.05) is 23.7 Å². The van der Waals surface area contributed by atoms with Crippen LogP contribution in [0, 0.1) is 12.8 Å². The number of nitrogens with one attached hydrogen (secondary N) is 3. The van der Waals surface area contributed by atoms with E-state index in [2.05, 4.69) is 20.8 Å². The smallest absolute Gasteiger partial charge is 0.326 e. The number of rotatable bonds is 4. The molecule has 4 rings (SSSR count). The van der Waals surface area contributed by atoms with Gasteiger partial charge in [0, 0.05) is 24.5 Å². The maximum absolute atomic E-state index is 12.8. The molecule has 1 aromatic heterocycles. The van der Waals surface area contributed by atoms with Crippen LogP contribution in [-0.2, 0) is 4.79 Å². The molecule has 1 aliphatic heterocycles. The lowest BCUT2D eigenvalue weighted by atomic mass is 9.97. The predicted molar refractivity (Wildman–Crippen MR) is 117 cm³/mol. The van der Waals surface area contributed by atoms with E-state index in [1.165, 1.54) is 10.9 Å². The second-order valence-electron chi connectivity index (χ2n) is 7.66. The number of piperidine rings is 1. The van der Waals surface area contributed by atoms with Gasteiger partial charge in [-0.25, -0.2) is 19.3 Å². The average Bonchev–Trinajstić information content (AvgIpc) is 3.20. The molecule has 1 saturated heterocycles. The first-order chi connectivity index (χ1) is 15.0. The Morgan fingerprint density at radius 1 is 1.10 bits per heavy atom. The Kier molecular flexibility index (Phi) is 5.83. The molecular formula is C22H24N6O3. The van der Waals surface area contributed by atoms with Crippen molar-refractivity contribution in [2.45, 2.75) is 19.8 Å². The molecule has 1 unspecified atom stereocenters. The number of aromatic nitrogens is 3. The number of benzene rings is 2. The summed E-state index contributed by atoms with van der Waals surface area (Å²) in [5, 5.41) is 11.9. The van der Waals surface area contributed by atoms with E-state index >= 15 is 0 Å². The molecule has 2 heterocycles. The van der Waals surface area contributed by atoms with Crippen molar-refractivity contribution >= 4 is 23.3 Å². The summed E-state index contributed by atoms with van der Waals surface area (Å²) in [6.07, 6.45) is 2.85. The van der Waals surface area contributed by atoms with Crippen molar-refractivity contribution in [3.8, 4) is 5.69 Å². The topological polar surface area (TPSA) is 112 Å². The van der Waals surface area contributed by atoms with Gasteiger partial charge in [-0.05, 0) is 55.7 Å². The first kappa shape index (κ1) is 20.4. The average molecular weight is 420 g/mol. The van der Waals surface area contributed by atoms with Crippen molar-refractivity contribution in [3.05, 3.63) is 70.9 Å². The Labute approximate surface area is 179 Å². The molecule has 3 amide bonds. The van der Waals surface area contributed by atoms with Gasteiger partial charge in [-0.15, -0.1) is 0 Å². The van der Waals surface area contributed by atoms with Crippen LogP contribution in [-0.4, -0.2) is 44.7 Å². The number of urea groups is 1. The Balaban J connectivity index is 1.39. The number of nitrogens with zero attached hydrogens (tertiary/aromatic N) is 3. The van der Waals surface area contributed by atoms with Crippen LogP contribution in [0.3, 0.4) is 0 Å².